The highest BCUT2D eigenvalue weighted by atomic mass is 16.2. The Morgan fingerprint density at radius 2 is 1.94 bits per heavy atom. The summed E-state index contributed by atoms with van der Waals surface area (Å²) in [7, 11) is 1.96. The van der Waals surface area contributed by atoms with Gasteiger partial charge in [-0.05, 0) is 26.8 Å². The Morgan fingerprint density at radius 3 is 2.52 bits per heavy atom. The molecule has 2 aliphatic rings. The van der Waals surface area contributed by atoms with Crippen LogP contribution in [0.4, 0.5) is 11.8 Å². The number of hydrogen-bond donors (Lipinski definition) is 1. The molecule has 0 bridgehead atoms. The second-order valence-electron chi connectivity index (χ2n) is 8.59. The van der Waals surface area contributed by atoms with Gasteiger partial charge in [0.15, 0.2) is 0 Å². The van der Waals surface area contributed by atoms with E-state index in [2.05, 4.69) is 20.1 Å². The van der Waals surface area contributed by atoms with Gasteiger partial charge in [-0.25, -0.2) is 4.98 Å². The first-order chi connectivity index (χ1) is 14.7. The molecule has 2 aromatic rings. The molecule has 0 aliphatic carbocycles. The van der Waals surface area contributed by atoms with Crippen molar-refractivity contribution in [3.63, 3.8) is 0 Å². The van der Waals surface area contributed by atoms with Crippen molar-refractivity contribution in [2.45, 2.75) is 46.8 Å². The number of carbonyl (C=O) groups excluding carboxylic acids is 2. The second kappa shape index (κ2) is 8.16. The lowest BCUT2D eigenvalue weighted by atomic mass is 10.2. The Hall–Kier alpha value is -3.17. The van der Waals surface area contributed by atoms with Gasteiger partial charge in [0.1, 0.15) is 11.5 Å². The number of hydrogen-bond acceptors (Lipinski definition) is 7. The summed E-state index contributed by atoms with van der Waals surface area (Å²) < 4.78 is 0. The second-order valence-corrected chi connectivity index (χ2v) is 8.59. The van der Waals surface area contributed by atoms with Crippen molar-refractivity contribution < 1.29 is 9.59 Å². The summed E-state index contributed by atoms with van der Waals surface area (Å²) in [5, 5.41) is 7.31. The zero-order chi connectivity index (χ0) is 22.3. The Balaban J connectivity index is 1.67. The average Bonchev–Trinajstić information content (AvgIpc) is 3.30. The van der Waals surface area contributed by atoms with Crippen molar-refractivity contribution in [3.05, 3.63) is 28.7 Å². The summed E-state index contributed by atoms with van der Waals surface area (Å²) in [6.07, 6.45) is 0. The molecule has 0 aromatic carbocycles. The molecular weight excluding hydrogens is 396 g/mol. The first kappa shape index (κ1) is 21.1. The van der Waals surface area contributed by atoms with E-state index in [1.807, 2.05) is 48.6 Å². The summed E-state index contributed by atoms with van der Waals surface area (Å²) in [6, 6.07) is 2.09. The van der Waals surface area contributed by atoms with E-state index in [9.17, 15) is 9.59 Å². The number of nitrogens with zero attached hydrogens (tertiary/aromatic N) is 7. The molecule has 2 amide bonds. The normalized spacial score (nSPS) is 16.3. The van der Waals surface area contributed by atoms with E-state index in [1.54, 1.807) is 6.92 Å². The van der Waals surface area contributed by atoms with Gasteiger partial charge in [-0.15, -0.1) is 0 Å². The third-order valence-corrected chi connectivity index (χ3v) is 5.92. The number of carbonyl (C=O) groups is 2. The number of aryl methyl sites for hydroxylation is 1. The van der Waals surface area contributed by atoms with Gasteiger partial charge in [-0.2, -0.15) is 10.1 Å². The highest BCUT2D eigenvalue weighted by Gasteiger charge is 2.36. The number of aromatic nitrogens is 4. The predicted octanol–water partition coefficient (Wildman–Crippen LogP) is 1.18. The van der Waals surface area contributed by atoms with Gasteiger partial charge in [-0.1, -0.05) is 0 Å². The Kier molecular flexibility index (Phi) is 5.55. The number of aromatic amines is 1. The van der Waals surface area contributed by atoms with Crippen molar-refractivity contribution in [1.29, 1.82) is 0 Å². The fraction of sp³-hybridized carbons (Fsp3) is 0.571. The fourth-order valence-corrected chi connectivity index (χ4v) is 4.13. The standard InChI is InChI=1S/C21H30N8O2/c1-13(2)29-12-17-18(20(29)31)22-21(28-8-6-27(7-9-28)15(4)30)23-19(17)26(5)11-16-10-14(3)24-25-16/h10,13H,6-9,11-12H2,1-5H3,(H,24,25). The minimum absolute atomic E-state index is 0.0544. The van der Waals surface area contributed by atoms with Gasteiger partial charge in [0.25, 0.3) is 5.91 Å². The first-order valence-corrected chi connectivity index (χ1v) is 10.7. The molecule has 2 aromatic heterocycles. The van der Waals surface area contributed by atoms with E-state index in [1.165, 1.54) is 0 Å². The van der Waals surface area contributed by atoms with E-state index in [0.29, 0.717) is 50.9 Å². The molecule has 1 saturated heterocycles. The third-order valence-electron chi connectivity index (χ3n) is 5.92. The molecule has 0 unspecified atom stereocenters. The van der Waals surface area contributed by atoms with Crippen LogP contribution in [0.25, 0.3) is 0 Å². The molecular formula is C21H30N8O2. The molecule has 10 nitrogen and oxygen atoms in total. The number of anilines is 2. The Bertz CT molecular complexity index is 993. The molecule has 1 N–H and O–H groups in total. The molecule has 0 radical (unpaired) electrons. The number of amides is 2. The molecule has 10 heteroatoms. The molecule has 2 aliphatic heterocycles. The van der Waals surface area contributed by atoms with Gasteiger partial charge >= 0.3 is 0 Å². The maximum atomic E-state index is 13.1. The lowest BCUT2D eigenvalue weighted by Gasteiger charge is -2.34. The molecule has 1 fully saturated rings. The zero-order valence-corrected chi connectivity index (χ0v) is 18.8. The van der Waals surface area contributed by atoms with Crippen LogP contribution in [0, 0.1) is 6.92 Å². The van der Waals surface area contributed by atoms with Crippen LogP contribution < -0.4 is 9.80 Å². The van der Waals surface area contributed by atoms with Crippen molar-refractivity contribution in [1.82, 2.24) is 30.0 Å². The molecule has 0 spiro atoms. The van der Waals surface area contributed by atoms with E-state index >= 15 is 0 Å². The maximum absolute atomic E-state index is 13.1. The Morgan fingerprint density at radius 1 is 1.23 bits per heavy atom. The first-order valence-electron chi connectivity index (χ1n) is 10.7. The summed E-state index contributed by atoms with van der Waals surface area (Å²) in [6.45, 7) is 11.2. The van der Waals surface area contributed by atoms with E-state index in [0.717, 1.165) is 22.8 Å². The molecule has 0 saturated carbocycles. The molecule has 31 heavy (non-hydrogen) atoms. The van der Waals surface area contributed by atoms with E-state index in [4.69, 9.17) is 4.98 Å². The lowest BCUT2D eigenvalue weighted by molar-refractivity contribution is -0.129. The van der Waals surface area contributed by atoms with Crippen molar-refractivity contribution in [3.8, 4) is 0 Å². The van der Waals surface area contributed by atoms with Crippen LogP contribution in [0.2, 0.25) is 0 Å². The monoisotopic (exact) mass is 426 g/mol. The number of rotatable bonds is 5. The van der Waals surface area contributed by atoms with Crippen LogP contribution in [0.1, 0.15) is 48.2 Å². The predicted molar refractivity (Wildman–Crippen MR) is 117 cm³/mol. The summed E-state index contributed by atoms with van der Waals surface area (Å²) in [4.78, 5) is 42.1. The van der Waals surface area contributed by atoms with Gasteiger partial charge in [0.05, 0.1) is 18.8 Å². The molecule has 0 atom stereocenters. The van der Waals surface area contributed by atoms with Crippen LogP contribution in [-0.2, 0) is 17.9 Å². The number of fused-ring (bicyclic) bond motifs is 1. The van der Waals surface area contributed by atoms with Crippen LogP contribution in [-0.4, -0.2) is 81.0 Å². The quantitative estimate of drug-likeness (QED) is 0.766. The average molecular weight is 427 g/mol. The Labute approximate surface area is 182 Å². The number of nitrogens with one attached hydrogen (secondary N) is 1. The largest absolute Gasteiger partial charge is 0.353 e. The zero-order valence-electron chi connectivity index (χ0n) is 18.8. The summed E-state index contributed by atoms with van der Waals surface area (Å²) in [5.74, 6) is 1.32. The van der Waals surface area contributed by atoms with E-state index < -0.39 is 0 Å². The highest BCUT2D eigenvalue weighted by molar-refractivity contribution is 5.98. The minimum Gasteiger partial charge on any atom is -0.353 e. The lowest BCUT2D eigenvalue weighted by Crippen LogP contribution is -2.48. The van der Waals surface area contributed by atoms with Crippen molar-refractivity contribution in [2.75, 3.05) is 43.0 Å². The molecule has 166 valence electrons. The van der Waals surface area contributed by atoms with Gasteiger partial charge < -0.3 is 19.6 Å². The highest BCUT2D eigenvalue weighted by Crippen LogP contribution is 2.32. The minimum atomic E-state index is -0.0544. The topological polar surface area (TPSA) is 102 Å². The summed E-state index contributed by atoms with van der Waals surface area (Å²) >= 11 is 0. The van der Waals surface area contributed by atoms with Crippen LogP contribution in [0.15, 0.2) is 6.07 Å². The van der Waals surface area contributed by atoms with Crippen LogP contribution >= 0.6 is 0 Å². The number of H-pyrrole nitrogens is 1. The van der Waals surface area contributed by atoms with Gasteiger partial charge in [0.2, 0.25) is 11.9 Å². The fourth-order valence-electron chi connectivity index (χ4n) is 4.13. The van der Waals surface area contributed by atoms with Gasteiger partial charge in [0, 0.05) is 57.4 Å². The SMILES string of the molecule is CC(=O)N1CCN(c2nc3c(c(N(C)Cc4cc(C)[nH]n4)n2)CN(C(C)C)C3=O)CC1. The van der Waals surface area contributed by atoms with Gasteiger partial charge in [-0.3, -0.25) is 14.7 Å². The van der Waals surface area contributed by atoms with Crippen molar-refractivity contribution >= 4 is 23.6 Å². The summed E-state index contributed by atoms with van der Waals surface area (Å²) in [5.41, 5.74) is 3.25. The van der Waals surface area contributed by atoms with Crippen LogP contribution in [0.5, 0.6) is 0 Å². The van der Waals surface area contributed by atoms with Crippen molar-refractivity contribution in [2.24, 2.45) is 0 Å². The van der Waals surface area contributed by atoms with Crippen LogP contribution in [0.3, 0.4) is 0 Å². The molecule has 4 heterocycles. The number of piperazine rings is 1. The molecule has 4 rings (SSSR count). The smallest absolute Gasteiger partial charge is 0.273 e. The van der Waals surface area contributed by atoms with E-state index in [-0.39, 0.29) is 17.9 Å². The maximum Gasteiger partial charge on any atom is 0.273 e. The third kappa shape index (κ3) is 4.06.